The molecule has 0 atom stereocenters. The Morgan fingerprint density at radius 1 is 1.32 bits per heavy atom. The van der Waals surface area contributed by atoms with Gasteiger partial charge in [-0.1, -0.05) is 11.6 Å². The number of methoxy groups -OCH3 is 1. The SMILES string of the molecule is COC(=O)c1ccc2c(cnn2Cc2cc(Cl)ccc2O)c1. The van der Waals surface area contributed by atoms with E-state index in [-0.39, 0.29) is 11.7 Å². The molecule has 0 bridgehead atoms. The van der Waals surface area contributed by atoms with E-state index in [0.717, 1.165) is 10.9 Å². The number of phenols is 1. The lowest BCUT2D eigenvalue weighted by Gasteiger charge is -2.07. The maximum atomic E-state index is 11.5. The number of esters is 1. The number of rotatable bonds is 3. The van der Waals surface area contributed by atoms with Crippen molar-refractivity contribution in [1.82, 2.24) is 9.78 Å². The number of fused-ring (bicyclic) bond motifs is 1. The van der Waals surface area contributed by atoms with E-state index < -0.39 is 0 Å². The standard InChI is InChI=1S/C16H13ClN2O3/c1-22-16(21)10-2-4-14-11(6-10)8-18-19(14)9-12-7-13(17)3-5-15(12)20/h2-8,20H,9H2,1H3. The smallest absolute Gasteiger partial charge is 0.337 e. The first-order valence-corrected chi connectivity index (χ1v) is 6.97. The van der Waals surface area contributed by atoms with Gasteiger partial charge in [-0.15, -0.1) is 0 Å². The summed E-state index contributed by atoms with van der Waals surface area (Å²) in [5.74, 6) is -0.221. The summed E-state index contributed by atoms with van der Waals surface area (Å²) < 4.78 is 6.44. The molecule has 1 heterocycles. The summed E-state index contributed by atoms with van der Waals surface area (Å²) in [6.45, 7) is 0.382. The normalized spacial score (nSPS) is 10.8. The molecule has 22 heavy (non-hydrogen) atoms. The molecule has 0 spiro atoms. The quantitative estimate of drug-likeness (QED) is 0.753. The van der Waals surface area contributed by atoms with Crippen molar-refractivity contribution in [2.24, 2.45) is 0 Å². The van der Waals surface area contributed by atoms with Crippen molar-refractivity contribution in [3.8, 4) is 5.75 Å². The van der Waals surface area contributed by atoms with E-state index in [1.165, 1.54) is 7.11 Å². The second-order valence-corrected chi connectivity index (χ2v) is 5.28. The van der Waals surface area contributed by atoms with Gasteiger partial charge in [0.1, 0.15) is 5.75 Å². The molecule has 0 amide bonds. The van der Waals surface area contributed by atoms with E-state index in [9.17, 15) is 9.90 Å². The molecule has 1 aromatic heterocycles. The summed E-state index contributed by atoms with van der Waals surface area (Å²) in [7, 11) is 1.35. The second-order valence-electron chi connectivity index (χ2n) is 4.84. The summed E-state index contributed by atoms with van der Waals surface area (Å²) >= 11 is 5.95. The number of ether oxygens (including phenoxy) is 1. The van der Waals surface area contributed by atoms with Crippen LogP contribution in [-0.2, 0) is 11.3 Å². The maximum Gasteiger partial charge on any atom is 0.337 e. The van der Waals surface area contributed by atoms with Crippen molar-refractivity contribution in [1.29, 1.82) is 0 Å². The fourth-order valence-corrected chi connectivity index (χ4v) is 2.49. The Morgan fingerprint density at radius 2 is 2.14 bits per heavy atom. The topological polar surface area (TPSA) is 64.3 Å². The highest BCUT2D eigenvalue weighted by Crippen LogP contribution is 2.24. The summed E-state index contributed by atoms with van der Waals surface area (Å²) in [4.78, 5) is 11.5. The lowest BCUT2D eigenvalue weighted by Crippen LogP contribution is -2.03. The molecule has 1 N–H and O–H groups in total. The van der Waals surface area contributed by atoms with Crippen LogP contribution in [0, 0.1) is 0 Å². The van der Waals surface area contributed by atoms with E-state index in [0.29, 0.717) is 22.7 Å². The van der Waals surface area contributed by atoms with Crippen LogP contribution in [0.3, 0.4) is 0 Å². The number of benzene rings is 2. The van der Waals surface area contributed by atoms with E-state index >= 15 is 0 Å². The molecule has 6 heteroatoms. The summed E-state index contributed by atoms with van der Waals surface area (Å²) in [6.07, 6.45) is 1.67. The number of halogens is 1. The Kier molecular flexibility index (Phi) is 3.73. The molecule has 112 valence electrons. The van der Waals surface area contributed by atoms with Crippen LogP contribution in [0.2, 0.25) is 5.02 Å². The zero-order valence-electron chi connectivity index (χ0n) is 11.8. The molecule has 0 saturated heterocycles. The van der Waals surface area contributed by atoms with Gasteiger partial charge in [-0.2, -0.15) is 5.10 Å². The third-order valence-electron chi connectivity index (χ3n) is 3.42. The van der Waals surface area contributed by atoms with Crippen molar-refractivity contribution in [2.45, 2.75) is 6.54 Å². The van der Waals surface area contributed by atoms with Crippen LogP contribution in [0.4, 0.5) is 0 Å². The fraction of sp³-hybridized carbons (Fsp3) is 0.125. The van der Waals surface area contributed by atoms with Crippen LogP contribution in [-0.4, -0.2) is 28.0 Å². The highest BCUT2D eigenvalue weighted by Gasteiger charge is 2.10. The van der Waals surface area contributed by atoms with Gasteiger partial charge in [-0.05, 0) is 36.4 Å². The molecule has 0 fully saturated rings. The average Bonchev–Trinajstić information content (AvgIpc) is 2.92. The van der Waals surface area contributed by atoms with E-state index in [4.69, 9.17) is 16.3 Å². The number of carbonyl (C=O) groups is 1. The molecule has 0 aliphatic carbocycles. The van der Waals surface area contributed by atoms with Crippen LogP contribution in [0.5, 0.6) is 5.75 Å². The first-order chi connectivity index (χ1) is 10.6. The number of hydrogen-bond donors (Lipinski definition) is 1. The molecule has 0 saturated carbocycles. The predicted octanol–water partition coefficient (Wildman–Crippen LogP) is 3.23. The number of aromatic nitrogens is 2. The molecular formula is C16H13ClN2O3. The Balaban J connectivity index is 1.98. The monoisotopic (exact) mass is 316 g/mol. The maximum absolute atomic E-state index is 11.5. The highest BCUT2D eigenvalue weighted by atomic mass is 35.5. The molecular weight excluding hydrogens is 304 g/mol. The van der Waals surface area contributed by atoms with Crippen molar-refractivity contribution < 1.29 is 14.6 Å². The summed E-state index contributed by atoms with van der Waals surface area (Å²) in [6, 6.07) is 10.1. The third kappa shape index (κ3) is 2.63. The van der Waals surface area contributed by atoms with Gasteiger partial charge in [0.25, 0.3) is 0 Å². The van der Waals surface area contributed by atoms with E-state index in [2.05, 4.69) is 5.10 Å². The first-order valence-electron chi connectivity index (χ1n) is 6.60. The number of aromatic hydroxyl groups is 1. The number of carbonyl (C=O) groups excluding carboxylic acids is 1. The van der Waals surface area contributed by atoms with Crippen molar-refractivity contribution in [2.75, 3.05) is 7.11 Å². The molecule has 0 unspecified atom stereocenters. The predicted molar refractivity (Wildman–Crippen MR) is 83.3 cm³/mol. The molecule has 2 aromatic carbocycles. The third-order valence-corrected chi connectivity index (χ3v) is 3.66. The first kappa shape index (κ1) is 14.4. The number of nitrogens with zero attached hydrogens (tertiary/aromatic N) is 2. The van der Waals surface area contributed by atoms with Crippen molar-refractivity contribution in [3.05, 3.63) is 58.7 Å². The van der Waals surface area contributed by atoms with Gasteiger partial charge < -0.3 is 9.84 Å². The zero-order chi connectivity index (χ0) is 15.7. The van der Waals surface area contributed by atoms with Gasteiger partial charge >= 0.3 is 5.97 Å². The van der Waals surface area contributed by atoms with Crippen LogP contribution in [0.1, 0.15) is 15.9 Å². The summed E-state index contributed by atoms with van der Waals surface area (Å²) in [5.41, 5.74) is 2.00. The highest BCUT2D eigenvalue weighted by molar-refractivity contribution is 6.30. The van der Waals surface area contributed by atoms with Gasteiger partial charge in [-0.3, -0.25) is 4.68 Å². The van der Waals surface area contributed by atoms with Gasteiger partial charge in [0.05, 0.1) is 30.9 Å². The Labute approximate surface area is 131 Å². The average molecular weight is 317 g/mol. The fourth-order valence-electron chi connectivity index (χ4n) is 2.30. The molecule has 0 aliphatic heterocycles. The minimum Gasteiger partial charge on any atom is -0.508 e. The van der Waals surface area contributed by atoms with E-state index in [1.807, 2.05) is 0 Å². The van der Waals surface area contributed by atoms with Gasteiger partial charge in [0, 0.05) is 16.0 Å². The second kappa shape index (κ2) is 5.69. The molecule has 3 rings (SSSR count). The molecule has 0 aliphatic rings. The van der Waals surface area contributed by atoms with Gasteiger partial charge in [0.2, 0.25) is 0 Å². The largest absolute Gasteiger partial charge is 0.508 e. The summed E-state index contributed by atoms with van der Waals surface area (Å²) in [5, 5.41) is 15.6. The van der Waals surface area contributed by atoms with Crippen molar-refractivity contribution >= 4 is 28.5 Å². The van der Waals surface area contributed by atoms with Crippen LogP contribution in [0.15, 0.2) is 42.6 Å². The Bertz CT molecular complexity index is 858. The Hall–Kier alpha value is -2.53. The van der Waals surface area contributed by atoms with Gasteiger partial charge in [-0.25, -0.2) is 4.79 Å². The van der Waals surface area contributed by atoms with Gasteiger partial charge in [0.15, 0.2) is 0 Å². The van der Waals surface area contributed by atoms with E-state index in [1.54, 1.807) is 47.3 Å². The van der Waals surface area contributed by atoms with Crippen molar-refractivity contribution in [3.63, 3.8) is 0 Å². The molecule has 3 aromatic rings. The minimum absolute atomic E-state index is 0.166. The zero-order valence-corrected chi connectivity index (χ0v) is 12.5. The molecule has 0 radical (unpaired) electrons. The molecule has 5 nitrogen and oxygen atoms in total. The Morgan fingerprint density at radius 3 is 2.91 bits per heavy atom. The number of hydrogen-bond acceptors (Lipinski definition) is 4. The minimum atomic E-state index is -0.387. The van der Waals surface area contributed by atoms with Crippen LogP contribution >= 0.6 is 11.6 Å². The lowest BCUT2D eigenvalue weighted by molar-refractivity contribution is 0.0601. The van der Waals surface area contributed by atoms with Crippen LogP contribution < -0.4 is 0 Å². The number of phenolic OH excluding ortho intramolecular Hbond substituents is 1. The lowest BCUT2D eigenvalue weighted by atomic mass is 10.1. The van der Waals surface area contributed by atoms with Crippen LogP contribution in [0.25, 0.3) is 10.9 Å².